The molecule has 0 aliphatic rings. The molecule has 0 heterocycles. The van der Waals surface area contributed by atoms with Crippen molar-refractivity contribution in [2.45, 2.75) is 46.5 Å². The summed E-state index contributed by atoms with van der Waals surface area (Å²) in [6.45, 7) is 9.14. The van der Waals surface area contributed by atoms with Gasteiger partial charge < -0.3 is 5.11 Å². The quantitative estimate of drug-likeness (QED) is 0.819. The zero-order valence-corrected chi connectivity index (χ0v) is 11.0. The molecule has 1 unspecified atom stereocenters. The van der Waals surface area contributed by atoms with Gasteiger partial charge in [-0.05, 0) is 35.3 Å². The summed E-state index contributed by atoms with van der Waals surface area (Å²) in [5, 5.41) is 9.16. The van der Waals surface area contributed by atoms with Gasteiger partial charge in [0.2, 0.25) is 0 Å². The highest BCUT2D eigenvalue weighted by Crippen LogP contribution is 2.37. The molecule has 1 aromatic rings. The van der Waals surface area contributed by atoms with Crippen LogP contribution in [0, 0.1) is 5.41 Å². The normalized spacial score (nSPS) is 13.8. The van der Waals surface area contributed by atoms with Crippen LogP contribution >= 0.6 is 0 Å². The van der Waals surface area contributed by atoms with Crippen molar-refractivity contribution in [3.63, 3.8) is 0 Å². The topological polar surface area (TPSA) is 20.2 Å². The summed E-state index contributed by atoms with van der Waals surface area (Å²) in [7, 11) is 0. The van der Waals surface area contributed by atoms with E-state index >= 15 is 0 Å². The van der Waals surface area contributed by atoms with Crippen LogP contribution < -0.4 is 0 Å². The number of hydrogen-bond acceptors (Lipinski definition) is 1. The number of aryl methyl sites for hydroxylation is 1. The molecule has 1 rings (SSSR count). The maximum Gasteiger partial charge on any atom is 0.0437 e. The van der Waals surface area contributed by atoms with Crippen LogP contribution in [0.3, 0.4) is 0 Å². The molecule has 1 aromatic carbocycles. The van der Waals surface area contributed by atoms with Crippen LogP contribution in [-0.2, 0) is 6.42 Å². The van der Waals surface area contributed by atoms with E-state index in [-0.39, 0.29) is 12.0 Å². The second-order valence-electron chi connectivity index (χ2n) is 5.53. The molecule has 16 heavy (non-hydrogen) atoms. The van der Waals surface area contributed by atoms with Crippen molar-refractivity contribution in [2.75, 3.05) is 6.61 Å². The Morgan fingerprint density at radius 2 is 1.69 bits per heavy atom. The van der Waals surface area contributed by atoms with E-state index in [1.54, 1.807) is 0 Å². The fraction of sp³-hybridized carbons (Fsp3) is 0.600. The molecule has 1 atom stereocenters. The lowest BCUT2D eigenvalue weighted by atomic mass is 9.74. The van der Waals surface area contributed by atoms with E-state index in [1.807, 2.05) is 0 Å². The van der Waals surface area contributed by atoms with Crippen molar-refractivity contribution >= 4 is 0 Å². The summed E-state index contributed by atoms with van der Waals surface area (Å²) < 4.78 is 0. The first-order chi connectivity index (χ1) is 7.49. The van der Waals surface area contributed by atoms with E-state index in [9.17, 15) is 0 Å². The number of aliphatic hydroxyl groups is 1. The molecule has 1 N–H and O–H groups in total. The highest BCUT2D eigenvalue weighted by Gasteiger charge is 2.25. The van der Waals surface area contributed by atoms with Crippen molar-refractivity contribution in [1.29, 1.82) is 0 Å². The predicted molar refractivity (Wildman–Crippen MR) is 69.7 cm³/mol. The zero-order chi connectivity index (χ0) is 12.2. The maximum atomic E-state index is 9.16. The van der Waals surface area contributed by atoms with Gasteiger partial charge in [0.1, 0.15) is 0 Å². The molecule has 0 saturated heterocycles. The van der Waals surface area contributed by atoms with Crippen molar-refractivity contribution in [1.82, 2.24) is 0 Å². The van der Waals surface area contributed by atoms with Gasteiger partial charge in [-0.15, -0.1) is 0 Å². The third-order valence-corrected chi connectivity index (χ3v) is 3.25. The molecule has 0 aliphatic carbocycles. The maximum absolute atomic E-state index is 9.16. The molecule has 1 heteroatoms. The first-order valence-electron chi connectivity index (χ1n) is 6.18. The third-order valence-electron chi connectivity index (χ3n) is 3.25. The second-order valence-corrected chi connectivity index (χ2v) is 5.53. The molecule has 0 amide bonds. The summed E-state index contributed by atoms with van der Waals surface area (Å²) in [6.07, 6.45) is 1.93. The van der Waals surface area contributed by atoms with Gasteiger partial charge >= 0.3 is 0 Å². The smallest absolute Gasteiger partial charge is 0.0437 e. The van der Waals surface area contributed by atoms with Crippen LogP contribution in [0.1, 0.15) is 51.2 Å². The zero-order valence-electron chi connectivity index (χ0n) is 11.0. The van der Waals surface area contributed by atoms with Gasteiger partial charge in [-0.1, -0.05) is 52.0 Å². The molecule has 0 bridgehead atoms. The first-order valence-corrected chi connectivity index (χ1v) is 6.18. The molecule has 90 valence electrons. The van der Waals surface area contributed by atoms with Crippen molar-refractivity contribution in [3.05, 3.63) is 35.4 Å². The third kappa shape index (κ3) is 3.34. The van der Waals surface area contributed by atoms with E-state index < -0.39 is 0 Å². The average molecular weight is 220 g/mol. The van der Waals surface area contributed by atoms with E-state index in [0.717, 1.165) is 12.8 Å². The lowest BCUT2D eigenvalue weighted by Gasteiger charge is -2.31. The Labute approximate surface area is 99.5 Å². The minimum atomic E-state index is 0.205. The van der Waals surface area contributed by atoms with Crippen LogP contribution in [0.5, 0.6) is 0 Å². The SMILES string of the molecule is CCc1ccc(C(CCO)C(C)(C)C)cc1. The van der Waals surface area contributed by atoms with Gasteiger partial charge in [-0.3, -0.25) is 0 Å². The lowest BCUT2D eigenvalue weighted by Crippen LogP contribution is -2.19. The van der Waals surface area contributed by atoms with Gasteiger partial charge in [0.15, 0.2) is 0 Å². The Bertz CT molecular complexity index is 305. The molecule has 0 fully saturated rings. The Morgan fingerprint density at radius 3 is 2.06 bits per heavy atom. The fourth-order valence-corrected chi connectivity index (χ4v) is 2.21. The molecule has 0 saturated carbocycles. The van der Waals surface area contributed by atoms with E-state index in [1.165, 1.54) is 11.1 Å². The van der Waals surface area contributed by atoms with E-state index in [4.69, 9.17) is 5.11 Å². The Kier molecular flexibility index (Phi) is 4.55. The van der Waals surface area contributed by atoms with Gasteiger partial charge in [-0.2, -0.15) is 0 Å². The minimum Gasteiger partial charge on any atom is -0.396 e. The summed E-state index contributed by atoms with van der Waals surface area (Å²) in [4.78, 5) is 0. The largest absolute Gasteiger partial charge is 0.396 e. The molecule has 0 spiro atoms. The molecular weight excluding hydrogens is 196 g/mol. The van der Waals surface area contributed by atoms with E-state index in [0.29, 0.717) is 5.92 Å². The van der Waals surface area contributed by atoms with Crippen LogP contribution in [0.25, 0.3) is 0 Å². The summed E-state index contributed by atoms with van der Waals surface area (Å²) >= 11 is 0. The molecule has 0 aromatic heterocycles. The summed E-state index contributed by atoms with van der Waals surface area (Å²) in [5.41, 5.74) is 2.93. The molecule has 0 radical (unpaired) electrons. The standard InChI is InChI=1S/C15H24O/c1-5-12-6-8-13(9-7-12)14(10-11-16)15(2,3)4/h6-9,14,16H,5,10-11H2,1-4H3. The highest BCUT2D eigenvalue weighted by molar-refractivity contribution is 5.26. The van der Waals surface area contributed by atoms with Crippen LogP contribution in [-0.4, -0.2) is 11.7 Å². The minimum absolute atomic E-state index is 0.205. The predicted octanol–water partition coefficient (Wildman–Crippen LogP) is 3.76. The van der Waals surface area contributed by atoms with Crippen LogP contribution in [0.2, 0.25) is 0 Å². The van der Waals surface area contributed by atoms with Crippen molar-refractivity contribution in [3.8, 4) is 0 Å². The van der Waals surface area contributed by atoms with Crippen LogP contribution in [0.4, 0.5) is 0 Å². The van der Waals surface area contributed by atoms with Crippen molar-refractivity contribution in [2.24, 2.45) is 5.41 Å². The Balaban J connectivity index is 2.93. The Morgan fingerprint density at radius 1 is 1.12 bits per heavy atom. The molecule has 0 aliphatic heterocycles. The van der Waals surface area contributed by atoms with Gasteiger partial charge in [0.25, 0.3) is 0 Å². The number of benzene rings is 1. The monoisotopic (exact) mass is 220 g/mol. The van der Waals surface area contributed by atoms with Crippen LogP contribution in [0.15, 0.2) is 24.3 Å². The first kappa shape index (κ1) is 13.2. The van der Waals surface area contributed by atoms with Gasteiger partial charge in [0, 0.05) is 6.61 Å². The number of hydrogen-bond donors (Lipinski definition) is 1. The van der Waals surface area contributed by atoms with Gasteiger partial charge in [-0.25, -0.2) is 0 Å². The number of rotatable bonds is 4. The fourth-order valence-electron chi connectivity index (χ4n) is 2.21. The summed E-state index contributed by atoms with van der Waals surface area (Å²) in [6, 6.07) is 8.83. The Hall–Kier alpha value is -0.820. The van der Waals surface area contributed by atoms with E-state index in [2.05, 4.69) is 52.0 Å². The summed E-state index contributed by atoms with van der Waals surface area (Å²) in [5.74, 6) is 0.434. The second kappa shape index (κ2) is 5.49. The highest BCUT2D eigenvalue weighted by atomic mass is 16.3. The lowest BCUT2D eigenvalue weighted by molar-refractivity contribution is 0.223. The molecule has 1 nitrogen and oxygen atoms in total. The van der Waals surface area contributed by atoms with Gasteiger partial charge in [0.05, 0.1) is 0 Å². The average Bonchev–Trinajstić information content (AvgIpc) is 2.25. The molecular formula is C15H24O. The van der Waals surface area contributed by atoms with Crippen molar-refractivity contribution < 1.29 is 5.11 Å². The number of aliphatic hydroxyl groups excluding tert-OH is 1.